The standard InChI is InChI=1S/C40H36Cl2N8O4/c41-39-27(3-1-5-29(39)31-15-37(53)49-21-23(7-11-33(49)47-31)17-43-19-25-9-13-35(51)45-25)28-4-2-6-30(40(28)42)32-16-38(54)50-22-24(8-12-34(50)48-32)18-44-20-26-10-14-36(52)46-26/h1-8,11-12,15-16,21-22,25-26,43-44H,9-10,13-14,17-20H2,(H,45,51)(H,46,52)/t25-,26-/m1/s1. The summed E-state index contributed by atoms with van der Waals surface area (Å²) in [6, 6.07) is 21.6. The molecule has 6 aromatic rings. The van der Waals surface area contributed by atoms with Crippen molar-refractivity contribution in [3.63, 3.8) is 0 Å². The van der Waals surface area contributed by atoms with Crippen molar-refractivity contribution >= 4 is 46.3 Å². The highest BCUT2D eigenvalue weighted by molar-refractivity contribution is 6.39. The predicted octanol–water partition coefficient (Wildman–Crippen LogP) is 4.75. The molecule has 4 aromatic heterocycles. The lowest BCUT2D eigenvalue weighted by Crippen LogP contribution is -2.35. The van der Waals surface area contributed by atoms with Crippen LogP contribution >= 0.6 is 23.2 Å². The van der Waals surface area contributed by atoms with E-state index in [0.29, 0.717) is 94.0 Å². The molecule has 6 heterocycles. The molecule has 0 spiro atoms. The fourth-order valence-corrected chi connectivity index (χ4v) is 7.75. The average molecular weight is 764 g/mol. The van der Waals surface area contributed by atoms with Crippen LogP contribution in [-0.4, -0.2) is 55.8 Å². The highest BCUT2D eigenvalue weighted by atomic mass is 35.5. The van der Waals surface area contributed by atoms with E-state index < -0.39 is 0 Å². The molecule has 2 atom stereocenters. The van der Waals surface area contributed by atoms with E-state index in [0.717, 1.165) is 24.0 Å². The summed E-state index contributed by atoms with van der Waals surface area (Å²) in [5, 5.41) is 13.3. The highest BCUT2D eigenvalue weighted by Gasteiger charge is 2.22. The van der Waals surface area contributed by atoms with Crippen LogP contribution in [0, 0.1) is 0 Å². The van der Waals surface area contributed by atoms with Crippen LogP contribution in [0.4, 0.5) is 0 Å². The molecule has 0 aliphatic carbocycles. The van der Waals surface area contributed by atoms with Gasteiger partial charge in [0, 0.05) is 97.9 Å². The Morgan fingerprint density at radius 2 is 1.04 bits per heavy atom. The van der Waals surface area contributed by atoms with E-state index in [2.05, 4.69) is 21.3 Å². The maximum Gasteiger partial charge on any atom is 0.258 e. The molecule has 2 saturated heterocycles. The van der Waals surface area contributed by atoms with E-state index in [-0.39, 0.29) is 35.0 Å². The summed E-state index contributed by atoms with van der Waals surface area (Å²) in [5.74, 6) is 0.154. The van der Waals surface area contributed by atoms with Gasteiger partial charge in [0.05, 0.1) is 21.4 Å². The topological polar surface area (TPSA) is 151 Å². The van der Waals surface area contributed by atoms with Crippen molar-refractivity contribution < 1.29 is 9.59 Å². The fourth-order valence-electron chi connectivity index (χ4n) is 7.10. The maximum absolute atomic E-state index is 13.4. The molecule has 8 rings (SSSR count). The van der Waals surface area contributed by atoms with E-state index >= 15 is 0 Å². The zero-order chi connectivity index (χ0) is 37.3. The fraction of sp³-hybridized carbons (Fsp3) is 0.250. The van der Waals surface area contributed by atoms with E-state index in [1.54, 1.807) is 24.5 Å². The predicted molar refractivity (Wildman–Crippen MR) is 209 cm³/mol. The Labute approximate surface area is 319 Å². The Morgan fingerprint density at radius 1 is 0.611 bits per heavy atom. The molecular formula is C40H36Cl2N8O4. The lowest BCUT2D eigenvalue weighted by Gasteiger charge is -2.14. The van der Waals surface area contributed by atoms with Crippen molar-refractivity contribution in [2.75, 3.05) is 13.1 Å². The van der Waals surface area contributed by atoms with Crippen LogP contribution in [0.3, 0.4) is 0 Å². The number of fused-ring (bicyclic) bond motifs is 2. The Kier molecular flexibility index (Phi) is 9.99. The van der Waals surface area contributed by atoms with E-state index in [4.69, 9.17) is 33.2 Å². The molecule has 2 amide bonds. The minimum Gasteiger partial charge on any atom is -0.352 e. The van der Waals surface area contributed by atoms with E-state index in [1.165, 1.54) is 20.9 Å². The summed E-state index contributed by atoms with van der Waals surface area (Å²) in [7, 11) is 0. The third-order valence-electron chi connectivity index (χ3n) is 9.89. The first-order valence-corrected chi connectivity index (χ1v) is 18.6. The molecule has 2 aromatic carbocycles. The monoisotopic (exact) mass is 762 g/mol. The van der Waals surface area contributed by atoms with Gasteiger partial charge in [0.25, 0.3) is 11.1 Å². The first-order chi connectivity index (χ1) is 26.2. The zero-order valence-corrected chi connectivity index (χ0v) is 30.6. The van der Waals surface area contributed by atoms with Crippen LogP contribution in [0.1, 0.15) is 36.8 Å². The molecule has 274 valence electrons. The molecule has 0 saturated carbocycles. The number of nitrogens with zero attached hydrogens (tertiary/aromatic N) is 4. The number of nitrogens with one attached hydrogen (secondary N) is 4. The van der Waals surface area contributed by atoms with Gasteiger partial charge >= 0.3 is 0 Å². The summed E-state index contributed by atoms with van der Waals surface area (Å²) in [6.07, 6.45) is 6.26. The van der Waals surface area contributed by atoms with Gasteiger partial charge < -0.3 is 21.3 Å². The van der Waals surface area contributed by atoms with Gasteiger partial charge in [-0.2, -0.15) is 0 Å². The van der Waals surface area contributed by atoms with Crippen LogP contribution < -0.4 is 32.4 Å². The zero-order valence-electron chi connectivity index (χ0n) is 29.1. The van der Waals surface area contributed by atoms with E-state index in [1.807, 2.05) is 48.5 Å². The molecule has 0 bridgehead atoms. The number of pyridine rings is 2. The van der Waals surface area contributed by atoms with Crippen molar-refractivity contribution in [1.29, 1.82) is 0 Å². The quantitative estimate of drug-likeness (QED) is 0.148. The smallest absolute Gasteiger partial charge is 0.258 e. The SMILES string of the molecule is O=C1CC[C@H](CNCc2ccc3nc(-c4cccc(-c5cccc(-c6cc(=O)n7cc(CNC[C@H]8CCC(=O)N8)ccc7n6)c5Cl)c4Cl)cc(=O)n3c2)N1. The van der Waals surface area contributed by atoms with Gasteiger partial charge in [0.2, 0.25) is 11.8 Å². The third-order valence-corrected chi connectivity index (χ3v) is 10.7. The largest absolute Gasteiger partial charge is 0.352 e. The van der Waals surface area contributed by atoms with Gasteiger partial charge in [0.1, 0.15) is 11.3 Å². The van der Waals surface area contributed by atoms with Gasteiger partial charge in [0.15, 0.2) is 0 Å². The Hall–Kier alpha value is -5.40. The molecule has 2 aliphatic rings. The number of carbonyl (C=O) groups excluding carboxylic acids is 2. The third kappa shape index (κ3) is 7.38. The second-order valence-corrected chi connectivity index (χ2v) is 14.4. The second kappa shape index (κ2) is 15.2. The average Bonchev–Trinajstić information content (AvgIpc) is 3.78. The number of benzene rings is 2. The number of hydrogen-bond donors (Lipinski definition) is 4. The summed E-state index contributed by atoms with van der Waals surface area (Å²) in [4.78, 5) is 59.2. The number of hydrogen-bond acceptors (Lipinski definition) is 8. The second-order valence-electron chi connectivity index (χ2n) is 13.7. The number of halogens is 2. The Balaban J connectivity index is 1.03. The van der Waals surface area contributed by atoms with Gasteiger partial charge in [-0.3, -0.25) is 28.0 Å². The summed E-state index contributed by atoms with van der Waals surface area (Å²) >= 11 is 14.1. The first-order valence-electron chi connectivity index (χ1n) is 17.8. The summed E-state index contributed by atoms with van der Waals surface area (Å²) in [5.41, 5.74) is 5.51. The van der Waals surface area contributed by atoms with Gasteiger partial charge in [-0.15, -0.1) is 0 Å². The molecule has 54 heavy (non-hydrogen) atoms. The van der Waals surface area contributed by atoms with Crippen molar-refractivity contribution in [1.82, 2.24) is 40.0 Å². The van der Waals surface area contributed by atoms with Crippen LogP contribution in [0.25, 0.3) is 44.9 Å². The molecular weight excluding hydrogens is 727 g/mol. The number of amides is 2. The molecule has 0 unspecified atom stereocenters. The van der Waals surface area contributed by atoms with Crippen LogP contribution in [-0.2, 0) is 22.7 Å². The number of rotatable bonds is 11. The number of aromatic nitrogens is 4. The maximum atomic E-state index is 13.4. The summed E-state index contributed by atoms with van der Waals surface area (Å²) < 4.78 is 3.01. The van der Waals surface area contributed by atoms with Crippen molar-refractivity contribution in [3.8, 4) is 33.6 Å². The highest BCUT2D eigenvalue weighted by Crippen LogP contribution is 2.41. The minimum absolute atomic E-state index is 0.0771. The molecule has 0 radical (unpaired) electrons. The van der Waals surface area contributed by atoms with Crippen LogP contribution in [0.2, 0.25) is 10.0 Å². The van der Waals surface area contributed by atoms with Crippen LogP contribution in [0.15, 0.2) is 94.8 Å². The van der Waals surface area contributed by atoms with Crippen molar-refractivity contribution in [2.45, 2.75) is 50.9 Å². The molecule has 14 heteroatoms. The number of carbonyl (C=O) groups is 2. The molecule has 4 N–H and O–H groups in total. The van der Waals surface area contributed by atoms with Crippen LogP contribution in [0.5, 0.6) is 0 Å². The Morgan fingerprint density at radius 3 is 1.44 bits per heavy atom. The molecule has 12 nitrogen and oxygen atoms in total. The Bertz CT molecular complexity index is 2390. The minimum atomic E-state index is -0.252. The lowest BCUT2D eigenvalue weighted by molar-refractivity contribution is -0.120. The normalized spacial score (nSPS) is 17.0. The van der Waals surface area contributed by atoms with Gasteiger partial charge in [-0.1, -0.05) is 71.7 Å². The van der Waals surface area contributed by atoms with Crippen molar-refractivity contribution in [3.05, 3.63) is 127 Å². The van der Waals surface area contributed by atoms with Gasteiger partial charge in [-0.05, 0) is 36.1 Å². The lowest BCUT2D eigenvalue weighted by atomic mass is 9.98. The van der Waals surface area contributed by atoms with Gasteiger partial charge in [-0.25, -0.2) is 9.97 Å². The molecule has 2 fully saturated rings. The van der Waals surface area contributed by atoms with E-state index in [9.17, 15) is 19.2 Å². The summed E-state index contributed by atoms with van der Waals surface area (Å²) in [6.45, 7) is 2.38. The van der Waals surface area contributed by atoms with Crippen molar-refractivity contribution in [2.24, 2.45) is 0 Å². The first kappa shape index (κ1) is 35.6. The molecule has 2 aliphatic heterocycles.